The fourth-order valence-electron chi connectivity index (χ4n) is 2.11. The number of nitrogens with zero attached hydrogens (tertiary/aromatic N) is 1. The molecule has 29 heavy (non-hydrogen) atoms. The van der Waals surface area contributed by atoms with Crippen molar-refractivity contribution >= 4 is 17.6 Å². The summed E-state index contributed by atoms with van der Waals surface area (Å²) in [6.07, 6.45) is -8.02. The molecule has 0 radical (unpaired) electrons. The lowest BCUT2D eigenvalue weighted by molar-refractivity contribution is -0.130. The second-order valence-electron chi connectivity index (χ2n) is 5.89. The van der Waals surface area contributed by atoms with Gasteiger partial charge in [-0.25, -0.2) is 10.7 Å². The van der Waals surface area contributed by atoms with E-state index in [1.807, 2.05) is 0 Å². The summed E-state index contributed by atoms with van der Waals surface area (Å²) >= 11 is 0. The maximum absolute atomic E-state index is 11.3. The Morgan fingerprint density at radius 1 is 1.03 bits per heavy atom. The normalized spacial score (nSPS) is 17.1. The van der Waals surface area contributed by atoms with Gasteiger partial charge < -0.3 is 50.4 Å². The molecule has 9 N–H and O–H groups in total. The third-order valence-electron chi connectivity index (χ3n) is 3.57. The third-order valence-corrected chi connectivity index (χ3v) is 3.57. The summed E-state index contributed by atoms with van der Waals surface area (Å²) in [5, 5.41) is 63.2. The van der Waals surface area contributed by atoms with Crippen molar-refractivity contribution in [1.29, 1.82) is 0 Å². The minimum absolute atomic E-state index is 0.0563. The summed E-state index contributed by atoms with van der Waals surface area (Å²) in [5.41, 5.74) is -0.637. The third kappa shape index (κ3) is 11.0. The average Bonchev–Trinajstić information content (AvgIpc) is 2.68. The van der Waals surface area contributed by atoms with Gasteiger partial charge in [0, 0.05) is 13.3 Å². The van der Waals surface area contributed by atoms with Gasteiger partial charge in [0.2, 0.25) is 5.91 Å². The number of hydrogen-bond donors (Lipinski definition) is 8. The molecule has 0 spiro atoms. The van der Waals surface area contributed by atoms with Crippen molar-refractivity contribution in [3.05, 3.63) is 0 Å². The van der Waals surface area contributed by atoms with E-state index in [1.165, 1.54) is 0 Å². The topological polar surface area (TPSA) is 234 Å². The van der Waals surface area contributed by atoms with E-state index in [0.717, 1.165) is 6.92 Å². The van der Waals surface area contributed by atoms with Gasteiger partial charge in [-0.15, -0.1) is 0 Å². The largest absolute Gasteiger partial charge is 0.477 e. The fourth-order valence-corrected chi connectivity index (χ4v) is 2.11. The van der Waals surface area contributed by atoms with Gasteiger partial charge >= 0.3 is 5.97 Å². The maximum atomic E-state index is 11.3. The second kappa shape index (κ2) is 15.0. The van der Waals surface area contributed by atoms with Crippen molar-refractivity contribution in [3.8, 4) is 0 Å². The number of oxime groups is 1. The fraction of sp³-hybridized carbons (Fsp3) is 0.800. The van der Waals surface area contributed by atoms with Crippen LogP contribution < -0.4 is 11.2 Å². The molecule has 0 heterocycles. The Balaban J connectivity index is 5.01. The molecule has 0 unspecified atom stereocenters. The number of aliphatic carboxylic acids is 1. The van der Waals surface area contributed by atoms with Crippen LogP contribution in [0.15, 0.2) is 5.16 Å². The molecule has 170 valence electrons. The molecule has 0 bridgehead atoms. The number of carbonyl (C=O) groups excluding carboxylic acids is 1. The first-order valence-electron chi connectivity index (χ1n) is 8.57. The molecule has 1 amide bonds. The van der Waals surface area contributed by atoms with Crippen molar-refractivity contribution in [2.45, 2.75) is 43.8 Å². The summed E-state index contributed by atoms with van der Waals surface area (Å²) in [7, 11) is 0. The molecular weight excluding hydrogens is 398 g/mol. The average molecular weight is 427 g/mol. The zero-order chi connectivity index (χ0) is 22.4. The SMILES string of the molecule is CC(=O)N[C@@H]([C@@H](O)[C@H](O)[C@H](O)CO)[C@@H](O)C/C(=N/OCCOCCON)C(=O)O. The minimum Gasteiger partial charge on any atom is -0.477 e. The Morgan fingerprint density at radius 3 is 2.17 bits per heavy atom. The summed E-state index contributed by atoms with van der Waals surface area (Å²) in [4.78, 5) is 31.7. The number of nitrogens with one attached hydrogen (secondary N) is 1. The molecule has 14 heteroatoms. The Kier molecular flexibility index (Phi) is 14.0. The number of aliphatic hydroxyl groups is 5. The Bertz CT molecular complexity index is 520. The lowest BCUT2D eigenvalue weighted by Crippen LogP contribution is -2.57. The highest BCUT2D eigenvalue weighted by Gasteiger charge is 2.37. The van der Waals surface area contributed by atoms with E-state index < -0.39 is 61.1 Å². The van der Waals surface area contributed by atoms with Crippen molar-refractivity contribution < 1.29 is 54.6 Å². The number of aliphatic hydroxyl groups excluding tert-OH is 5. The number of hydrogen-bond acceptors (Lipinski definition) is 12. The van der Waals surface area contributed by atoms with E-state index in [2.05, 4.69) is 15.3 Å². The monoisotopic (exact) mass is 427 g/mol. The zero-order valence-corrected chi connectivity index (χ0v) is 15.9. The van der Waals surface area contributed by atoms with Crippen LogP contribution in [-0.4, -0.2) is 112 Å². The molecule has 0 fully saturated rings. The van der Waals surface area contributed by atoms with Crippen LogP contribution in [0.3, 0.4) is 0 Å². The lowest BCUT2D eigenvalue weighted by Gasteiger charge is -2.32. The van der Waals surface area contributed by atoms with E-state index >= 15 is 0 Å². The number of rotatable bonds is 16. The molecule has 0 saturated heterocycles. The Labute approximate surface area is 166 Å². The van der Waals surface area contributed by atoms with E-state index in [-0.39, 0.29) is 26.4 Å². The van der Waals surface area contributed by atoms with Gasteiger partial charge in [0.05, 0.1) is 38.6 Å². The number of nitrogens with two attached hydrogens (primary N) is 1. The first-order chi connectivity index (χ1) is 13.6. The number of carbonyl (C=O) groups is 2. The van der Waals surface area contributed by atoms with E-state index in [9.17, 15) is 35.1 Å². The van der Waals surface area contributed by atoms with Gasteiger partial charge in [0.1, 0.15) is 24.9 Å². The highest BCUT2D eigenvalue weighted by Crippen LogP contribution is 2.12. The first kappa shape index (κ1) is 27.1. The van der Waals surface area contributed by atoms with Crippen molar-refractivity contribution in [1.82, 2.24) is 5.32 Å². The van der Waals surface area contributed by atoms with Gasteiger partial charge in [0.25, 0.3) is 0 Å². The standard InChI is InChI=1S/C15H29N3O11/c1-8(20)17-12(14(24)13(23)11(22)7-19)10(21)6-9(15(25)26)18-29-5-3-27-2-4-28-16/h10-14,19,21-24H,2-7,16H2,1H3,(H,17,20)(H,25,26)/b18-9-/t10-,11+,12+,13+,14+/m0/s1. The van der Waals surface area contributed by atoms with Crippen molar-refractivity contribution in [2.24, 2.45) is 11.1 Å². The van der Waals surface area contributed by atoms with Crippen LogP contribution in [0.5, 0.6) is 0 Å². The van der Waals surface area contributed by atoms with Gasteiger partial charge in [0.15, 0.2) is 5.71 Å². The Morgan fingerprint density at radius 2 is 1.66 bits per heavy atom. The molecule has 0 aliphatic heterocycles. The number of amides is 1. The summed E-state index contributed by atoms with van der Waals surface area (Å²) in [6, 6.07) is -1.58. The summed E-state index contributed by atoms with van der Waals surface area (Å²) in [5.74, 6) is 2.56. The first-order valence-corrected chi connectivity index (χ1v) is 8.57. The minimum atomic E-state index is -1.93. The number of carboxylic acid groups (broad SMARTS) is 1. The van der Waals surface area contributed by atoms with Gasteiger partial charge in [-0.3, -0.25) is 4.79 Å². The Hall–Kier alpha value is -1.91. The smallest absolute Gasteiger partial charge is 0.353 e. The molecule has 0 aromatic heterocycles. The van der Waals surface area contributed by atoms with Crippen LogP contribution in [0.2, 0.25) is 0 Å². The van der Waals surface area contributed by atoms with Crippen LogP contribution in [0.1, 0.15) is 13.3 Å². The number of carboxylic acids is 1. The van der Waals surface area contributed by atoms with Gasteiger partial charge in [-0.2, -0.15) is 0 Å². The molecule has 0 aromatic rings. The maximum Gasteiger partial charge on any atom is 0.353 e. The molecule has 0 aliphatic carbocycles. The quantitative estimate of drug-likeness (QED) is 0.0663. The second-order valence-corrected chi connectivity index (χ2v) is 5.89. The molecule has 0 saturated carbocycles. The molecule has 0 rings (SSSR count). The van der Waals surface area contributed by atoms with E-state index in [4.69, 9.17) is 20.6 Å². The molecule has 5 atom stereocenters. The van der Waals surface area contributed by atoms with Crippen LogP contribution in [0, 0.1) is 0 Å². The highest BCUT2D eigenvalue weighted by atomic mass is 16.6. The summed E-state index contributed by atoms with van der Waals surface area (Å²) < 4.78 is 5.02. The molecule has 0 aromatic carbocycles. The van der Waals surface area contributed by atoms with Crippen LogP contribution in [0.4, 0.5) is 0 Å². The zero-order valence-electron chi connectivity index (χ0n) is 15.9. The number of ether oxygens (including phenoxy) is 1. The van der Waals surface area contributed by atoms with Crippen LogP contribution in [-0.2, 0) is 24.0 Å². The van der Waals surface area contributed by atoms with Crippen LogP contribution >= 0.6 is 0 Å². The molecule has 0 aliphatic rings. The lowest BCUT2D eigenvalue weighted by atomic mass is 9.94. The molecule has 14 nitrogen and oxygen atoms in total. The van der Waals surface area contributed by atoms with Crippen molar-refractivity contribution in [2.75, 3.05) is 33.0 Å². The van der Waals surface area contributed by atoms with E-state index in [0.29, 0.717) is 0 Å². The predicted molar refractivity (Wildman–Crippen MR) is 95.3 cm³/mol. The molecular formula is C15H29N3O11. The van der Waals surface area contributed by atoms with E-state index in [1.54, 1.807) is 0 Å². The van der Waals surface area contributed by atoms with Crippen molar-refractivity contribution in [3.63, 3.8) is 0 Å². The van der Waals surface area contributed by atoms with Crippen LogP contribution in [0.25, 0.3) is 0 Å². The highest BCUT2D eigenvalue weighted by molar-refractivity contribution is 6.35. The van der Waals surface area contributed by atoms with Gasteiger partial charge in [-0.1, -0.05) is 5.16 Å². The van der Waals surface area contributed by atoms with Gasteiger partial charge in [-0.05, 0) is 0 Å². The summed E-state index contributed by atoms with van der Waals surface area (Å²) in [6.45, 7) is 0.450. The predicted octanol–water partition coefficient (Wildman–Crippen LogP) is -4.32.